The molecule has 0 bridgehead atoms. The Morgan fingerprint density at radius 2 is 2.29 bits per heavy atom. The van der Waals surface area contributed by atoms with Crippen molar-refractivity contribution in [3.05, 3.63) is 15.8 Å². The Bertz CT molecular complexity index is 343. The van der Waals surface area contributed by atoms with Crippen LogP contribution in [0.4, 0.5) is 10.6 Å². The molecule has 0 spiro atoms. The van der Waals surface area contributed by atoms with Crippen LogP contribution in [0.5, 0.6) is 5.75 Å². The summed E-state index contributed by atoms with van der Waals surface area (Å²) in [5.74, 6) is 1.13. The summed E-state index contributed by atoms with van der Waals surface area (Å²) >= 11 is 2.05. The zero-order valence-electron chi connectivity index (χ0n) is 7.80. The quantitative estimate of drug-likeness (QED) is 0.642. The Labute approximate surface area is 95.4 Å². The molecule has 0 aliphatic heterocycles. The Kier molecular flexibility index (Phi) is 3.93. The van der Waals surface area contributed by atoms with Gasteiger partial charge in [-0.1, -0.05) is 0 Å². The SMILES string of the molecule is CNC(=O)Nc1cc(OC)cc(I)n1. The molecule has 0 aliphatic carbocycles. The first kappa shape index (κ1) is 11.0. The van der Waals surface area contributed by atoms with E-state index in [0.29, 0.717) is 11.6 Å². The van der Waals surface area contributed by atoms with Crippen LogP contribution in [-0.4, -0.2) is 25.2 Å². The minimum Gasteiger partial charge on any atom is -0.497 e. The van der Waals surface area contributed by atoms with Crippen molar-refractivity contribution in [2.24, 2.45) is 0 Å². The van der Waals surface area contributed by atoms with Crippen molar-refractivity contribution in [3.8, 4) is 5.75 Å². The lowest BCUT2D eigenvalue weighted by molar-refractivity contribution is 0.254. The molecule has 0 unspecified atom stereocenters. The number of anilines is 1. The lowest BCUT2D eigenvalue weighted by atomic mass is 10.4. The molecule has 2 N–H and O–H groups in total. The number of urea groups is 1. The van der Waals surface area contributed by atoms with Gasteiger partial charge in [-0.2, -0.15) is 0 Å². The molecule has 1 aromatic rings. The summed E-state index contributed by atoms with van der Waals surface area (Å²) < 4.78 is 5.79. The summed E-state index contributed by atoms with van der Waals surface area (Å²) in [6, 6.07) is 3.12. The number of nitrogens with one attached hydrogen (secondary N) is 2. The molecule has 5 nitrogen and oxygen atoms in total. The molecule has 1 aromatic heterocycles. The first-order valence-electron chi connectivity index (χ1n) is 3.86. The standard InChI is InChI=1S/C8H10IN3O2/c1-10-8(13)12-7-4-5(14-2)3-6(9)11-7/h3-4H,1-2H3,(H2,10,11,12,13). The molecule has 1 rings (SSSR count). The number of methoxy groups -OCH3 is 1. The summed E-state index contributed by atoms with van der Waals surface area (Å²) in [6.07, 6.45) is 0. The highest BCUT2D eigenvalue weighted by Crippen LogP contribution is 2.18. The molecule has 6 heteroatoms. The van der Waals surface area contributed by atoms with E-state index < -0.39 is 0 Å². The van der Waals surface area contributed by atoms with Crippen LogP contribution in [0.1, 0.15) is 0 Å². The van der Waals surface area contributed by atoms with E-state index in [4.69, 9.17) is 4.74 Å². The topological polar surface area (TPSA) is 63.2 Å². The zero-order chi connectivity index (χ0) is 10.6. The number of ether oxygens (including phenoxy) is 1. The van der Waals surface area contributed by atoms with Gasteiger partial charge in [0.25, 0.3) is 0 Å². The molecule has 0 aliphatic rings. The molecule has 76 valence electrons. The minimum absolute atomic E-state index is 0.304. The molecule has 2 amide bonds. The molecule has 0 saturated carbocycles. The number of carbonyl (C=O) groups is 1. The van der Waals surface area contributed by atoms with Crippen LogP contribution < -0.4 is 15.4 Å². The van der Waals surface area contributed by atoms with Crippen LogP contribution in [0.3, 0.4) is 0 Å². The van der Waals surface area contributed by atoms with Crippen LogP contribution in [0.2, 0.25) is 0 Å². The van der Waals surface area contributed by atoms with Gasteiger partial charge >= 0.3 is 6.03 Å². The van der Waals surface area contributed by atoms with Gasteiger partial charge in [-0.3, -0.25) is 5.32 Å². The second kappa shape index (κ2) is 4.99. The summed E-state index contributed by atoms with van der Waals surface area (Å²) in [6.45, 7) is 0. The van der Waals surface area contributed by atoms with Crippen molar-refractivity contribution >= 4 is 34.4 Å². The van der Waals surface area contributed by atoms with Crippen LogP contribution in [0.15, 0.2) is 12.1 Å². The average Bonchev–Trinajstić information content (AvgIpc) is 2.16. The maximum atomic E-state index is 11.0. The fourth-order valence-corrected chi connectivity index (χ4v) is 1.40. The number of aromatic nitrogens is 1. The van der Waals surface area contributed by atoms with Crippen LogP contribution in [-0.2, 0) is 0 Å². The van der Waals surface area contributed by atoms with Crippen molar-refractivity contribution in [1.82, 2.24) is 10.3 Å². The van der Waals surface area contributed by atoms with Crippen molar-refractivity contribution < 1.29 is 9.53 Å². The van der Waals surface area contributed by atoms with E-state index in [2.05, 4.69) is 38.2 Å². The number of rotatable bonds is 2. The third-order valence-electron chi connectivity index (χ3n) is 1.47. The minimum atomic E-state index is -0.304. The number of halogens is 1. The van der Waals surface area contributed by atoms with Gasteiger partial charge in [-0.15, -0.1) is 0 Å². The Morgan fingerprint density at radius 1 is 1.57 bits per heavy atom. The van der Waals surface area contributed by atoms with Gasteiger partial charge < -0.3 is 10.1 Å². The average molecular weight is 307 g/mol. The number of pyridine rings is 1. The molecule has 14 heavy (non-hydrogen) atoms. The molecule has 0 aromatic carbocycles. The maximum absolute atomic E-state index is 11.0. The predicted molar refractivity (Wildman–Crippen MR) is 61.6 cm³/mol. The van der Waals surface area contributed by atoms with Crippen molar-refractivity contribution in [3.63, 3.8) is 0 Å². The third-order valence-corrected chi connectivity index (χ3v) is 2.02. The lowest BCUT2D eigenvalue weighted by Gasteiger charge is -2.06. The number of hydrogen-bond donors (Lipinski definition) is 2. The van der Waals surface area contributed by atoms with Gasteiger partial charge in [0.05, 0.1) is 7.11 Å². The number of carbonyl (C=O) groups excluding carboxylic acids is 1. The van der Waals surface area contributed by atoms with Crippen molar-refractivity contribution in [2.75, 3.05) is 19.5 Å². The lowest BCUT2D eigenvalue weighted by Crippen LogP contribution is -2.25. The summed E-state index contributed by atoms with van der Waals surface area (Å²) in [5, 5.41) is 5.00. The van der Waals surface area contributed by atoms with E-state index in [-0.39, 0.29) is 6.03 Å². The molecule has 0 fully saturated rings. The first-order valence-corrected chi connectivity index (χ1v) is 4.94. The molecular weight excluding hydrogens is 297 g/mol. The van der Waals surface area contributed by atoms with Gasteiger partial charge in [0.15, 0.2) is 0 Å². The highest BCUT2D eigenvalue weighted by molar-refractivity contribution is 14.1. The van der Waals surface area contributed by atoms with Gasteiger partial charge in [-0.05, 0) is 22.6 Å². The van der Waals surface area contributed by atoms with Gasteiger partial charge in [-0.25, -0.2) is 9.78 Å². The van der Waals surface area contributed by atoms with Crippen molar-refractivity contribution in [2.45, 2.75) is 0 Å². The van der Waals surface area contributed by atoms with Crippen molar-refractivity contribution in [1.29, 1.82) is 0 Å². The van der Waals surface area contributed by atoms with E-state index in [1.54, 1.807) is 26.3 Å². The second-order valence-corrected chi connectivity index (χ2v) is 3.52. The molecule has 1 heterocycles. The predicted octanol–water partition coefficient (Wildman–Crippen LogP) is 1.45. The van der Waals surface area contributed by atoms with Crippen LogP contribution in [0.25, 0.3) is 0 Å². The molecule has 0 atom stereocenters. The van der Waals surface area contributed by atoms with Gasteiger partial charge in [0.2, 0.25) is 0 Å². The second-order valence-electron chi connectivity index (χ2n) is 2.42. The Balaban J connectivity index is 2.86. The smallest absolute Gasteiger partial charge is 0.320 e. The van der Waals surface area contributed by atoms with Gasteiger partial charge in [0, 0.05) is 19.2 Å². The number of amides is 2. The zero-order valence-corrected chi connectivity index (χ0v) is 9.95. The summed E-state index contributed by atoms with van der Waals surface area (Å²) in [7, 11) is 3.11. The van der Waals surface area contributed by atoms with E-state index in [1.807, 2.05) is 0 Å². The first-order chi connectivity index (χ1) is 6.65. The van der Waals surface area contributed by atoms with Crippen LogP contribution >= 0.6 is 22.6 Å². The number of nitrogens with zero attached hydrogens (tertiary/aromatic N) is 1. The van der Waals surface area contributed by atoms with Crippen LogP contribution in [0, 0.1) is 3.70 Å². The summed E-state index contributed by atoms with van der Waals surface area (Å²) in [4.78, 5) is 15.1. The summed E-state index contributed by atoms with van der Waals surface area (Å²) in [5.41, 5.74) is 0. The largest absolute Gasteiger partial charge is 0.497 e. The van der Waals surface area contributed by atoms with Gasteiger partial charge in [0.1, 0.15) is 15.3 Å². The van der Waals surface area contributed by atoms with E-state index >= 15 is 0 Å². The fourth-order valence-electron chi connectivity index (χ4n) is 0.834. The molecule has 0 radical (unpaired) electrons. The monoisotopic (exact) mass is 307 g/mol. The van der Waals surface area contributed by atoms with E-state index in [0.717, 1.165) is 3.70 Å². The molecule has 0 saturated heterocycles. The normalized spacial score (nSPS) is 9.36. The third kappa shape index (κ3) is 3.02. The van der Waals surface area contributed by atoms with E-state index in [1.165, 1.54) is 0 Å². The highest BCUT2D eigenvalue weighted by Gasteiger charge is 2.03. The molecular formula is C8H10IN3O2. The number of hydrogen-bond acceptors (Lipinski definition) is 3. The highest BCUT2D eigenvalue weighted by atomic mass is 127. The Morgan fingerprint density at radius 3 is 2.86 bits per heavy atom. The Hall–Kier alpha value is -1.05. The maximum Gasteiger partial charge on any atom is 0.320 e. The van der Waals surface area contributed by atoms with E-state index in [9.17, 15) is 4.79 Å². The fraction of sp³-hybridized carbons (Fsp3) is 0.250.